The zero-order valence-corrected chi connectivity index (χ0v) is 15.0. The number of rotatable bonds is 8. The van der Waals surface area contributed by atoms with Crippen molar-refractivity contribution >= 4 is 18.3 Å². The van der Waals surface area contributed by atoms with Crippen LogP contribution in [0.2, 0.25) is 0 Å². The number of hydrogen-bond donors (Lipinski definition) is 2. The van der Waals surface area contributed by atoms with E-state index < -0.39 is 6.10 Å². The summed E-state index contributed by atoms with van der Waals surface area (Å²) in [5.41, 5.74) is 2.51. The van der Waals surface area contributed by atoms with Gasteiger partial charge in [0.1, 0.15) is 5.75 Å². The van der Waals surface area contributed by atoms with Gasteiger partial charge >= 0.3 is 0 Å². The lowest BCUT2D eigenvalue weighted by Crippen LogP contribution is -2.37. The summed E-state index contributed by atoms with van der Waals surface area (Å²) in [4.78, 5) is 11.9. The first kappa shape index (κ1) is 20.7. The van der Waals surface area contributed by atoms with Crippen LogP contribution in [-0.2, 0) is 4.79 Å². The molecule has 0 aliphatic heterocycles. The molecule has 1 aromatic carbocycles. The number of aryl methyl sites for hydroxylation is 1. The summed E-state index contributed by atoms with van der Waals surface area (Å²) in [6.07, 6.45) is 0.431. The molecule has 1 unspecified atom stereocenters. The Morgan fingerprint density at radius 2 is 1.91 bits per heavy atom. The van der Waals surface area contributed by atoms with Crippen LogP contribution in [0.3, 0.4) is 0 Å². The smallest absolute Gasteiger partial charge is 0.260 e. The van der Waals surface area contributed by atoms with Crippen molar-refractivity contribution in [1.29, 1.82) is 0 Å². The van der Waals surface area contributed by atoms with Gasteiger partial charge in [0.15, 0.2) is 6.10 Å². The van der Waals surface area contributed by atoms with Gasteiger partial charge in [-0.25, -0.2) is 0 Å². The third kappa shape index (κ3) is 6.67. The molecule has 22 heavy (non-hydrogen) atoms. The highest BCUT2D eigenvalue weighted by molar-refractivity contribution is 5.85. The SMILES string of the molecule is CNCCCNC(=O)C(C)Oc1ccc(C(C)C)c(C)c1.Cl. The van der Waals surface area contributed by atoms with Gasteiger partial charge in [0.05, 0.1) is 0 Å². The van der Waals surface area contributed by atoms with Crippen molar-refractivity contribution in [2.45, 2.75) is 46.1 Å². The molecule has 1 rings (SSSR count). The molecule has 4 nitrogen and oxygen atoms in total. The Kier molecular flexibility index (Phi) is 9.86. The molecule has 0 aromatic heterocycles. The molecule has 0 fully saturated rings. The molecular formula is C17H29ClN2O2. The van der Waals surface area contributed by atoms with Crippen LogP contribution in [0.1, 0.15) is 44.2 Å². The molecule has 1 atom stereocenters. The van der Waals surface area contributed by atoms with E-state index in [9.17, 15) is 4.79 Å². The second-order valence-electron chi connectivity index (χ2n) is 5.68. The standard InChI is InChI=1S/C17H28N2O2.ClH/c1-12(2)16-8-7-15(11-13(16)3)21-14(4)17(20)19-10-6-9-18-5;/h7-8,11-12,14,18H,6,9-10H2,1-5H3,(H,19,20);1H. The minimum atomic E-state index is -0.483. The van der Waals surface area contributed by atoms with E-state index in [-0.39, 0.29) is 18.3 Å². The first-order chi connectivity index (χ1) is 9.95. The highest BCUT2D eigenvalue weighted by Gasteiger charge is 2.14. The van der Waals surface area contributed by atoms with Crippen LogP contribution >= 0.6 is 12.4 Å². The molecule has 0 saturated carbocycles. The van der Waals surface area contributed by atoms with Crippen LogP contribution in [0.15, 0.2) is 18.2 Å². The summed E-state index contributed by atoms with van der Waals surface area (Å²) < 4.78 is 5.72. The van der Waals surface area contributed by atoms with E-state index >= 15 is 0 Å². The predicted octanol–water partition coefficient (Wildman–Crippen LogP) is 3.03. The molecule has 0 radical (unpaired) electrons. The molecule has 0 aliphatic rings. The maximum atomic E-state index is 11.9. The van der Waals surface area contributed by atoms with E-state index in [1.807, 2.05) is 19.2 Å². The molecule has 0 bridgehead atoms. The Labute approximate surface area is 140 Å². The van der Waals surface area contributed by atoms with E-state index in [4.69, 9.17) is 4.74 Å². The minimum Gasteiger partial charge on any atom is -0.481 e. The van der Waals surface area contributed by atoms with Gasteiger partial charge in [-0.05, 0) is 63.0 Å². The lowest BCUT2D eigenvalue weighted by molar-refractivity contribution is -0.127. The highest BCUT2D eigenvalue weighted by Crippen LogP contribution is 2.24. The van der Waals surface area contributed by atoms with Crippen LogP contribution in [0.25, 0.3) is 0 Å². The fourth-order valence-electron chi connectivity index (χ4n) is 2.25. The zero-order chi connectivity index (χ0) is 15.8. The first-order valence-electron chi connectivity index (χ1n) is 7.65. The number of carbonyl (C=O) groups excluding carboxylic acids is 1. The molecule has 1 amide bonds. The van der Waals surface area contributed by atoms with Gasteiger partial charge in [0.2, 0.25) is 0 Å². The highest BCUT2D eigenvalue weighted by atomic mass is 35.5. The van der Waals surface area contributed by atoms with E-state index in [2.05, 4.69) is 37.5 Å². The lowest BCUT2D eigenvalue weighted by atomic mass is 9.98. The number of nitrogens with one attached hydrogen (secondary N) is 2. The summed E-state index contributed by atoms with van der Waals surface area (Å²) in [6, 6.07) is 6.01. The van der Waals surface area contributed by atoms with Gasteiger partial charge < -0.3 is 15.4 Å². The molecule has 1 aromatic rings. The molecule has 2 N–H and O–H groups in total. The Morgan fingerprint density at radius 1 is 1.23 bits per heavy atom. The molecule has 0 aliphatic carbocycles. The number of amides is 1. The maximum absolute atomic E-state index is 11.9. The molecular weight excluding hydrogens is 300 g/mol. The lowest BCUT2D eigenvalue weighted by Gasteiger charge is -2.17. The van der Waals surface area contributed by atoms with Gasteiger partial charge in [-0.15, -0.1) is 12.4 Å². The molecule has 0 heterocycles. The normalized spacial score (nSPS) is 11.7. The van der Waals surface area contributed by atoms with Gasteiger partial charge in [-0.3, -0.25) is 4.79 Å². The fourth-order valence-corrected chi connectivity index (χ4v) is 2.25. The van der Waals surface area contributed by atoms with Crippen LogP contribution in [0.4, 0.5) is 0 Å². The number of carbonyl (C=O) groups is 1. The van der Waals surface area contributed by atoms with Gasteiger partial charge in [-0.1, -0.05) is 19.9 Å². The van der Waals surface area contributed by atoms with Crippen LogP contribution in [-0.4, -0.2) is 32.1 Å². The zero-order valence-electron chi connectivity index (χ0n) is 14.2. The van der Waals surface area contributed by atoms with Crippen molar-refractivity contribution in [3.05, 3.63) is 29.3 Å². The van der Waals surface area contributed by atoms with Crippen molar-refractivity contribution in [3.63, 3.8) is 0 Å². The topological polar surface area (TPSA) is 50.4 Å². The minimum absolute atomic E-state index is 0. The second-order valence-corrected chi connectivity index (χ2v) is 5.68. The molecule has 0 spiro atoms. The quantitative estimate of drug-likeness (QED) is 0.721. The third-order valence-corrected chi connectivity index (χ3v) is 3.45. The van der Waals surface area contributed by atoms with Gasteiger partial charge in [0.25, 0.3) is 5.91 Å². The number of ether oxygens (including phenoxy) is 1. The van der Waals surface area contributed by atoms with Crippen molar-refractivity contribution in [2.75, 3.05) is 20.1 Å². The van der Waals surface area contributed by atoms with Crippen LogP contribution in [0, 0.1) is 6.92 Å². The van der Waals surface area contributed by atoms with Gasteiger partial charge in [-0.2, -0.15) is 0 Å². The second kappa shape index (κ2) is 10.5. The Morgan fingerprint density at radius 3 is 2.45 bits per heavy atom. The largest absolute Gasteiger partial charge is 0.481 e. The van der Waals surface area contributed by atoms with E-state index in [1.165, 1.54) is 11.1 Å². The fraction of sp³-hybridized carbons (Fsp3) is 0.588. The predicted molar refractivity (Wildman–Crippen MR) is 94.2 cm³/mol. The number of halogens is 1. The van der Waals surface area contributed by atoms with Crippen molar-refractivity contribution in [2.24, 2.45) is 0 Å². The summed E-state index contributed by atoms with van der Waals surface area (Å²) in [5, 5.41) is 5.93. The summed E-state index contributed by atoms with van der Waals surface area (Å²) >= 11 is 0. The summed E-state index contributed by atoms with van der Waals surface area (Å²) in [6.45, 7) is 9.75. The maximum Gasteiger partial charge on any atom is 0.260 e. The Hall–Kier alpha value is -1.26. The van der Waals surface area contributed by atoms with Crippen molar-refractivity contribution < 1.29 is 9.53 Å². The Balaban J connectivity index is 0.00000441. The van der Waals surface area contributed by atoms with Gasteiger partial charge in [0, 0.05) is 6.54 Å². The van der Waals surface area contributed by atoms with Crippen molar-refractivity contribution in [3.8, 4) is 5.75 Å². The third-order valence-electron chi connectivity index (χ3n) is 3.45. The van der Waals surface area contributed by atoms with Crippen molar-refractivity contribution in [1.82, 2.24) is 10.6 Å². The summed E-state index contributed by atoms with van der Waals surface area (Å²) in [7, 11) is 1.90. The number of benzene rings is 1. The molecule has 0 saturated heterocycles. The average molecular weight is 329 g/mol. The monoisotopic (exact) mass is 328 g/mol. The first-order valence-corrected chi connectivity index (χ1v) is 7.65. The summed E-state index contributed by atoms with van der Waals surface area (Å²) in [5.74, 6) is 1.17. The van der Waals surface area contributed by atoms with E-state index in [0.717, 1.165) is 18.7 Å². The molecule has 126 valence electrons. The van der Waals surface area contributed by atoms with E-state index in [0.29, 0.717) is 12.5 Å². The molecule has 5 heteroatoms. The number of hydrogen-bond acceptors (Lipinski definition) is 3. The Bertz CT molecular complexity index is 464. The van der Waals surface area contributed by atoms with Crippen LogP contribution < -0.4 is 15.4 Å². The average Bonchev–Trinajstić information content (AvgIpc) is 2.43. The van der Waals surface area contributed by atoms with E-state index in [1.54, 1.807) is 6.92 Å². The van der Waals surface area contributed by atoms with Crippen LogP contribution in [0.5, 0.6) is 5.75 Å².